The molecule has 0 radical (unpaired) electrons. The van der Waals surface area contributed by atoms with Gasteiger partial charge in [0.25, 0.3) is 0 Å². The lowest BCUT2D eigenvalue weighted by atomic mass is 9.69. The van der Waals surface area contributed by atoms with Crippen molar-refractivity contribution in [1.82, 2.24) is 15.6 Å². The fourth-order valence-corrected chi connectivity index (χ4v) is 9.80. The topological polar surface area (TPSA) is 127 Å². The maximum atomic E-state index is 13.2. The fraction of sp³-hybridized carbons (Fsp3) is 0.471. The number of nitrogens with zero attached hydrogens (tertiary/aromatic N) is 1. The number of anilines is 1. The van der Waals surface area contributed by atoms with E-state index in [9.17, 15) is 14.7 Å². The van der Waals surface area contributed by atoms with Gasteiger partial charge in [0, 0.05) is 12.6 Å². The minimum Gasteiger partial charge on any atom is -0.504 e. The summed E-state index contributed by atoms with van der Waals surface area (Å²) in [6.07, 6.45) is 20.2. The van der Waals surface area contributed by atoms with Gasteiger partial charge in [0.15, 0.2) is 17.3 Å². The van der Waals surface area contributed by atoms with Crippen molar-refractivity contribution in [2.45, 2.75) is 103 Å². The number of nitrogen functional groups attached to an aromatic ring is 1. The van der Waals surface area contributed by atoms with Gasteiger partial charge in [-0.05, 0) is 184 Å². The molecule has 59 heavy (non-hydrogen) atoms. The molecular weight excluding hydrogens is 733 g/mol. The van der Waals surface area contributed by atoms with E-state index in [2.05, 4.69) is 71.2 Å². The molecule has 0 spiro atoms. The van der Waals surface area contributed by atoms with E-state index in [1.807, 2.05) is 18.3 Å². The Morgan fingerprint density at radius 1 is 0.932 bits per heavy atom. The molecule has 3 aromatic carbocycles. The quantitative estimate of drug-likeness (QED) is 0.0459. The van der Waals surface area contributed by atoms with E-state index < -0.39 is 0 Å². The summed E-state index contributed by atoms with van der Waals surface area (Å²) in [5.41, 5.74) is 14.1. The molecule has 8 nitrogen and oxygen atoms in total. The van der Waals surface area contributed by atoms with E-state index in [0.717, 1.165) is 86.3 Å². The Labute approximate surface area is 352 Å². The summed E-state index contributed by atoms with van der Waals surface area (Å²) in [7, 11) is 3.58. The first kappa shape index (κ1) is 43.8. The predicted molar refractivity (Wildman–Crippen MR) is 240 cm³/mol. The van der Waals surface area contributed by atoms with Crippen molar-refractivity contribution < 1.29 is 19.4 Å². The van der Waals surface area contributed by atoms with Gasteiger partial charge in [-0.3, -0.25) is 9.59 Å². The molecule has 314 valence electrons. The molecule has 8 heteroatoms. The van der Waals surface area contributed by atoms with Crippen LogP contribution in [0.15, 0.2) is 85.1 Å². The fourth-order valence-electron chi connectivity index (χ4n) is 9.80. The number of hydrogen-bond donors (Lipinski definition) is 4. The number of carbonyl (C=O) groups excluding carboxylic acids is 2. The second-order valence-corrected chi connectivity index (χ2v) is 17.3. The van der Waals surface area contributed by atoms with Crippen LogP contribution in [0.3, 0.4) is 0 Å². The number of rotatable bonds is 22. The van der Waals surface area contributed by atoms with Crippen LogP contribution in [-0.4, -0.2) is 55.4 Å². The molecule has 2 fully saturated rings. The Morgan fingerprint density at radius 2 is 1.64 bits per heavy atom. The van der Waals surface area contributed by atoms with E-state index in [1.165, 1.54) is 74.8 Å². The van der Waals surface area contributed by atoms with Gasteiger partial charge >= 0.3 is 0 Å². The molecule has 1 saturated heterocycles. The first-order chi connectivity index (χ1) is 28.7. The Morgan fingerprint density at radius 3 is 2.37 bits per heavy atom. The number of phenols is 1. The zero-order valence-electron chi connectivity index (χ0n) is 35.4. The maximum Gasteiger partial charge on any atom is 0.163 e. The zero-order chi connectivity index (χ0) is 41.5. The first-order valence-corrected chi connectivity index (χ1v) is 22.1. The van der Waals surface area contributed by atoms with Gasteiger partial charge in [0.2, 0.25) is 0 Å². The molecule has 0 unspecified atom stereocenters. The van der Waals surface area contributed by atoms with Gasteiger partial charge in [0.1, 0.15) is 11.6 Å². The number of ether oxygens (including phenoxy) is 1. The summed E-state index contributed by atoms with van der Waals surface area (Å²) >= 11 is 0. The average Bonchev–Trinajstić information content (AvgIpc) is 3.71. The molecule has 2 heterocycles. The van der Waals surface area contributed by atoms with E-state index in [-0.39, 0.29) is 23.7 Å². The summed E-state index contributed by atoms with van der Waals surface area (Å²) < 4.78 is 5.45. The number of methoxy groups -OCH3 is 1. The lowest BCUT2D eigenvalue weighted by Crippen LogP contribution is -2.37. The van der Waals surface area contributed by atoms with Crippen molar-refractivity contribution in [3.63, 3.8) is 0 Å². The van der Waals surface area contributed by atoms with Gasteiger partial charge in [-0.2, -0.15) is 0 Å². The number of piperidine rings is 1. The molecule has 1 aromatic heterocycles. The molecular formula is C51H66N4O4. The molecule has 1 saturated carbocycles. The Kier molecular flexibility index (Phi) is 16.3. The maximum absolute atomic E-state index is 13.2. The van der Waals surface area contributed by atoms with Crippen LogP contribution >= 0.6 is 0 Å². The largest absolute Gasteiger partial charge is 0.504 e. The summed E-state index contributed by atoms with van der Waals surface area (Å²) in [5.74, 6) is 2.01. The number of allylic oxidation sites excluding steroid dienone is 1. The van der Waals surface area contributed by atoms with Crippen LogP contribution in [0, 0.1) is 17.3 Å². The minimum atomic E-state index is -0.218. The van der Waals surface area contributed by atoms with E-state index in [4.69, 9.17) is 10.5 Å². The van der Waals surface area contributed by atoms with Crippen molar-refractivity contribution >= 4 is 23.5 Å². The number of aromatic nitrogens is 1. The molecule has 5 N–H and O–H groups in total. The number of carbonyl (C=O) groups is 2. The third-order valence-electron chi connectivity index (χ3n) is 13.0. The van der Waals surface area contributed by atoms with E-state index in [1.54, 1.807) is 18.2 Å². The van der Waals surface area contributed by atoms with Crippen LogP contribution in [0.1, 0.15) is 110 Å². The molecule has 6 rings (SSSR count). The Balaban J connectivity index is 1.06. The van der Waals surface area contributed by atoms with Crippen molar-refractivity contribution in [3.05, 3.63) is 124 Å². The second-order valence-electron chi connectivity index (χ2n) is 17.3. The van der Waals surface area contributed by atoms with Crippen molar-refractivity contribution in [1.29, 1.82) is 0 Å². The van der Waals surface area contributed by atoms with E-state index in [0.29, 0.717) is 35.7 Å². The molecule has 1 atom stereocenters. The number of phenolic OH excluding ortho intramolecular Hbond substituents is 1. The number of hydrogen-bond acceptors (Lipinski definition) is 8. The Hall–Kier alpha value is -4.79. The summed E-state index contributed by atoms with van der Waals surface area (Å²) in [6, 6.07) is 24.7. The van der Waals surface area contributed by atoms with Crippen LogP contribution in [-0.2, 0) is 41.7 Å². The van der Waals surface area contributed by atoms with E-state index >= 15 is 0 Å². The number of pyridine rings is 1. The van der Waals surface area contributed by atoms with Crippen LogP contribution in [0.4, 0.5) is 5.82 Å². The van der Waals surface area contributed by atoms with Gasteiger partial charge < -0.3 is 26.2 Å². The number of ketones is 2. The highest BCUT2D eigenvalue weighted by molar-refractivity contribution is 6.06. The molecule has 2 aliphatic rings. The number of nitrogens with one attached hydrogen (secondary N) is 2. The Bertz CT molecular complexity index is 2000. The standard InChI is InChI=1S/C51H66N4O4/c1-53-35-45(40-21-26-54-27-22-40)34-51(23-6-7-24-51)25-9-14-46(56)33-47(57)20-19-41-31-49(59-2)48(58)30-43(41)29-44-36-55-50(52)32-42(44)18-17-39-13-8-12-38(28-39)16-15-37-10-4-3-5-11-37/h3-5,8,10-13,19-20,28,30-32,36,40,45,53-54,58H,6-7,9,14-18,21-27,29,33-35H2,1-2H3,(H2,52,55)/t45-/m0/s1. The van der Waals surface area contributed by atoms with Gasteiger partial charge in [-0.1, -0.05) is 73.5 Å². The highest BCUT2D eigenvalue weighted by Gasteiger charge is 2.38. The van der Waals surface area contributed by atoms with Crippen LogP contribution in [0.25, 0.3) is 6.08 Å². The first-order valence-electron chi connectivity index (χ1n) is 22.1. The molecule has 0 amide bonds. The molecule has 4 aromatic rings. The number of aromatic hydroxyl groups is 1. The van der Waals surface area contributed by atoms with Crippen molar-refractivity contribution in [2.24, 2.45) is 17.3 Å². The summed E-state index contributed by atoms with van der Waals surface area (Å²) in [6.45, 7) is 3.29. The van der Waals surface area contributed by atoms with Crippen LogP contribution in [0.2, 0.25) is 0 Å². The highest BCUT2D eigenvalue weighted by atomic mass is 16.5. The second kappa shape index (κ2) is 22.0. The molecule has 0 bridgehead atoms. The zero-order valence-corrected chi connectivity index (χ0v) is 35.4. The predicted octanol–water partition coefficient (Wildman–Crippen LogP) is 9.04. The third kappa shape index (κ3) is 13.1. The van der Waals surface area contributed by atoms with Gasteiger partial charge in [-0.15, -0.1) is 0 Å². The third-order valence-corrected chi connectivity index (χ3v) is 13.0. The lowest BCUT2D eigenvalue weighted by molar-refractivity contribution is -0.124. The smallest absolute Gasteiger partial charge is 0.163 e. The normalized spacial score (nSPS) is 16.0. The van der Waals surface area contributed by atoms with Crippen LogP contribution in [0.5, 0.6) is 11.5 Å². The highest BCUT2D eigenvalue weighted by Crippen LogP contribution is 2.48. The SMILES string of the molecule is CNC[C@H](CC1(CCCC(=O)CC(=O)C=Cc2cc(OC)c(O)cc2Cc2cnc(N)cc2CCc2cccc(CCc3ccccc3)c2)CCCC1)C1CCNCC1. The minimum absolute atomic E-state index is 0.000702. The number of Topliss-reactive ketones (excluding diaryl/α,β-unsaturated/α-hetero) is 1. The van der Waals surface area contributed by atoms with Gasteiger partial charge in [-0.25, -0.2) is 4.98 Å². The van der Waals surface area contributed by atoms with Crippen molar-refractivity contribution in [3.8, 4) is 11.5 Å². The monoisotopic (exact) mass is 799 g/mol. The molecule has 1 aliphatic heterocycles. The number of nitrogens with two attached hydrogens (primary N) is 1. The lowest BCUT2D eigenvalue weighted by Gasteiger charge is -2.38. The number of benzene rings is 3. The average molecular weight is 799 g/mol. The number of aryl methyl sites for hydroxylation is 4. The van der Waals surface area contributed by atoms with Gasteiger partial charge in [0.05, 0.1) is 13.5 Å². The summed E-state index contributed by atoms with van der Waals surface area (Å²) in [4.78, 5) is 30.8. The summed E-state index contributed by atoms with van der Waals surface area (Å²) in [5, 5.41) is 17.8. The van der Waals surface area contributed by atoms with Crippen molar-refractivity contribution in [2.75, 3.05) is 39.5 Å². The molecule has 1 aliphatic carbocycles. The van der Waals surface area contributed by atoms with Crippen LogP contribution < -0.4 is 21.1 Å².